The van der Waals surface area contributed by atoms with E-state index in [1.165, 1.54) is 5.56 Å². The van der Waals surface area contributed by atoms with Crippen LogP contribution in [0.15, 0.2) is 54.6 Å². The van der Waals surface area contributed by atoms with Gasteiger partial charge in [-0.05, 0) is 31.0 Å². The molecule has 1 amide bonds. The predicted octanol–water partition coefficient (Wildman–Crippen LogP) is 3.07. The van der Waals surface area contributed by atoms with Crippen LogP contribution in [0.4, 0.5) is 0 Å². The van der Waals surface area contributed by atoms with Gasteiger partial charge < -0.3 is 19.5 Å². The van der Waals surface area contributed by atoms with Gasteiger partial charge in [0, 0.05) is 12.5 Å². The number of ether oxygens (including phenoxy) is 3. The van der Waals surface area contributed by atoms with Gasteiger partial charge in [0.2, 0.25) is 6.10 Å². The normalized spacial score (nSPS) is 17.3. The average Bonchev–Trinajstić information content (AvgIpc) is 2.74. The minimum Gasteiger partial charge on any atom is -0.485 e. The first kappa shape index (κ1) is 19.7. The average molecular weight is 383 g/mol. The molecule has 1 aliphatic rings. The third-order valence-electron chi connectivity index (χ3n) is 4.72. The Morgan fingerprint density at radius 3 is 2.50 bits per heavy atom. The quantitative estimate of drug-likeness (QED) is 0.744. The van der Waals surface area contributed by atoms with Crippen molar-refractivity contribution in [1.82, 2.24) is 5.32 Å². The Hall–Kier alpha value is -3.02. The maximum absolute atomic E-state index is 12.4. The monoisotopic (exact) mass is 383 g/mol. The highest BCUT2D eigenvalue weighted by Crippen LogP contribution is 2.31. The Kier molecular flexibility index (Phi) is 6.53. The lowest BCUT2D eigenvalue weighted by Crippen LogP contribution is -2.43. The molecule has 0 saturated heterocycles. The maximum atomic E-state index is 12.4. The van der Waals surface area contributed by atoms with E-state index in [-0.39, 0.29) is 18.4 Å². The standard InChI is InChI=1S/C22H25NO5/c1-3-16(17-9-5-4-6-10-17)13-23-21(24)15(2)27-22(25)20-14-26-18-11-7-8-12-19(18)28-20/h4-12,15-16,20H,3,13-14H2,1-2H3,(H,23,24)/t15-,16+,20-/m0/s1. The molecular formula is C22H25NO5. The first-order valence-corrected chi connectivity index (χ1v) is 9.50. The van der Waals surface area contributed by atoms with Crippen LogP contribution in [0.3, 0.4) is 0 Å². The Labute approximate surface area is 164 Å². The van der Waals surface area contributed by atoms with Gasteiger partial charge >= 0.3 is 5.97 Å². The largest absolute Gasteiger partial charge is 0.485 e. The number of carbonyl (C=O) groups excluding carboxylic acids is 2. The number of amides is 1. The number of para-hydroxylation sites is 2. The first-order chi connectivity index (χ1) is 13.6. The van der Waals surface area contributed by atoms with Crippen molar-refractivity contribution in [1.29, 1.82) is 0 Å². The fraction of sp³-hybridized carbons (Fsp3) is 0.364. The van der Waals surface area contributed by atoms with Gasteiger partial charge in [0.1, 0.15) is 6.61 Å². The number of rotatable bonds is 7. The van der Waals surface area contributed by atoms with E-state index in [1.54, 1.807) is 25.1 Å². The second-order valence-electron chi connectivity index (χ2n) is 6.70. The van der Waals surface area contributed by atoms with Crippen LogP contribution in [0.1, 0.15) is 31.7 Å². The summed E-state index contributed by atoms with van der Waals surface area (Å²) in [5.41, 5.74) is 1.17. The Bertz CT molecular complexity index is 808. The van der Waals surface area contributed by atoms with Crippen molar-refractivity contribution >= 4 is 11.9 Å². The van der Waals surface area contributed by atoms with Crippen molar-refractivity contribution in [2.75, 3.05) is 13.2 Å². The molecule has 1 aliphatic heterocycles. The van der Waals surface area contributed by atoms with Crippen molar-refractivity contribution in [3.8, 4) is 11.5 Å². The summed E-state index contributed by atoms with van der Waals surface area (Å²) in [6, 6.07) is 17.1. The Morgan fingerprint density at radius 1 is 1.11 bits per heavy atom. The van der Waals surface area contributed by atoms with E-state index in [1.807, 2.05) is 36.4 Å². The van der Waals surface area contributed by atoms with E-state index < -0.39 is 18.2 Å². The smallest absolute Gasteiger partial charge is 0.351 e. The second-order valence-corrected chi connectivity index (χ2v) is 6.70. The summed E-state index contributed by atoms with van der Waals surface area (Å²) < 4.78 is 16.4. The number of esters is 1. The summed E-state index contributed by atoms with van der Waals surface area (Å²) >= 11 is 0. The highest BCUT2D eigenvalue weighted by atomic mass is 16.6. The van der Waals surface area contributed by atoms with Crippen molar-refractivity contribution < 1.29 is 23.8 Å². The van der Waals surface area contributed by atoms with Gasteiger partial charge in [-0.25, -0.2) is 4.79 Å². The van der Waals surface area contributed by atoms with Crippen molar-refractivity contribution in [2.24, 2.45) is 0 Å². The Balaban J connectivity index is 1.49. The topological polar surface area (TPSA) is 73.9 Å². The molecule has 0 unspecified atom stereocenters. The van der Waals surface area contributed by atoms with E-state index in [0.717, 1.165) is 6.42 Å². The van der Waals surface area contributed by atoms with Crippen LogP contribution < -0.4 is 14.8 Å². The third kappa shape index (κ3) is 4.82. The Morgan fingerprint density at radius 2 is 1.79 bits per heavy atom. The SMILES string of the molecule is CC[C@H](CNC(=O)[C@H](C)OC(=O)[C@@H]1COc2ccccc2O1)c1ccccc1. The highest BCUT2D eigenvalue weighted by molar-refractivity contribution is 5.84. The molecule has 1 heterocycles. The van der Waals surface area contributed by atoms with Gasteiger partial charge in [-0.1, -0.05) is 49.4 Å². The van der Waals surface area contributed by atoms with Crippen molar-refractivity contribution in [2.45, 2.75) is 38.4 Å². The lowest BCUT2D eigenvalue weighted by Gasteiger charge is -2.26. The molecule has 0 aromatic heterocycles. The zero-order chi connectivity index (χ0) is 19.9. The molecule has 6 heteroatoms. The molecule has 3 atom stereocenters. The van der Waals surface area contributed by atoms with E-state index in [4.69, 9.17) is 14.2 Å². The van der Waals surface area contributed by atoms with Gasteiger partial charge in [-0.15, -0.1) is 0 Å². The van der Waals surface area contributed by atoms with E-state index >= 15 is 0 Å². The second kappa shape index (κ2) is 9.26. The molecule has 0 bridgehead atoms. The number of nitrogens with one attached hydrogen (secondary N) is 1. The minimum atomic E-state index is -0.915. The van der Waals surface area contributed by atoms with Gasteiger partial charge in [0.25, 0.3) is 5.91 Å². The molecule has 3 rings (SSSR count). The van der Waals surface area contributed by atoms with Crippen LogP contribution in [0.5, 0.6) is 11.5 Å². The molecule has 0 radical (unpaired) electrons. The number of hydrogen-bond acceptors (Lipinski definition) is 5. The molecule has 0 spiro atoms. The zero-order valence-electron chi connectivity index (χ0n) is 16.1. The zero-order valence-corrected chi connectivity index (χ0v) is 16.1. The summed E-state index contributed by atoms with van der Waals surface area (Å²) in [5, 5.41) is 2.87. The molecule has 148 valence electrons. The molecule has 0 fully saturated rings. The van der Waals surface area contributed by atoms with Crippen molar-refractivity contribution in [3.05, 3.63) is 60.2 Å². The fourth-order valence-corrected chi connectivity index (χ4v) is 3.03. The first-order valence-electron chi connectivity index (χ1n) is 9.50. The van der Waals surface area contributed by atoms with Crippen LogP contribution in [-0.4, -0.2) is 37.2 Å². The molecule has 0 saturated carbocycles. The number of benzene rings is 2. The number of carbonyl (C=O) groups is 2. The van der Waals surface area contributed by atoms with Gasteiger partial charge in [0.15, 0.2) is 17.6 Å². The summed E-state index contributed by atoms with van der Waals surface area (Å²) in [4.78, 5) is 24.7. The molecule has 0 aliphatic carbocycles. The van der Waals surface area contributed by atoms with Gasteiger partial charge in [-0.2, -0.15) is 0 Å². The molecular weight excluding hydrogens is 358 g/mol. The number of fused-ring (bicyclic) bond motifs is 1. The van der Waals surface area contributed by atoms with Crippen LogP contribution in [0, 0.1) is 0 Å². The van der Waals surface area contributed by atoms with Crippen LogP contribution in [0.2, 0.25) is 0 Å². The number of hydrogen-bond donors (Lipinski definition) is 1. The summed E-state index contributed by atoms with van der Waals surface area (Å²) in [7, 11) is 0. The van der Waals surface area contributed by atoms with E-state index in [9.17, 15) is 9.59 Å². The lowest BCUT2D eigenvalue weighted by atomic mass is 9.96. The minimum absolute atomic E-state index is 0.0517. The molecule has 2 aromatic rings. The van der Waals surface area contributed by atoms with Gasteiger partial charge in [0.05, 0.1) is 0 Å². The highest BCUT2D eigenvalue weighted by Gasteiger charge is 2.31. The summed E-state index contributed by atoms with van der Waals surface area (Å²) in [5.74, 6) is 0.331. The maximum Gasteiger partial charge on any atom is 0.351 e. The molecule has 2 aromatic carbocycles. The third-order valence-corrected chi connectivity index (χ3v) is 4.72. The lowest BCUT2D eigenvalue weighted by molar-refractivity contribution is -0.163. The molecule has 6 nitrogen and oxygen atoms in total. The fourth-order valence-electron chi connectivity index (χ4n) is 3.03. The molecule has 1 N–H and O–H groups in total. The summed E-state index contributed by atoms with van der Waals surface area (Å²) in [6.45, 7) is 4.16. The van der Waals surface area contributed by atoms with Crippen LogP contribution in [0.25, 0.3) is 0 Å². The van der Waals surface area contributed by atoms with Crippen LogP contribution in [-0.2, 0) is 14.3 Å². The summed E-state index contributed by atoms with van der Waals surface area (Å²) in [6.07, 6.45) is -0.912. The van der Waals surface area contributed by atoms with E-state index in [2.05, 4.69) is 12.2 Å². The van der Waals surface area contributed by atoms with E-state index in [0.29, 0.717) is 18.0 Å². The van der Waals surface area contributed by atoms with Crippen molar-refractivity contribution in [3.63, 3.8) is 0 Å². The van der Waals surface area contributed by atoms with Gasteiger partial charge in [-0.3, -0.25) is 4.79 Å². The predicted molar refractivity (Wildman–Crippen MR) is 104 cm³/mol. The van der Waals surface area contributed by atoms with Crippen LogP contribution >= 0.6 is 0 Å². The molecule has 28 heavy (non-hydrogen) atoms.